The largest absolute Gasteiger partial charge is 0.450 e. The third-order valence-electron chi connectivity index (χ3n) is 20.5. The first kappa shape index (κ1) is 101. The molecule has 10 rings (SSSR count). The zero-order valence-corrected chi connectivity index (χ0v) is 74.9. The van der Waals surface area contributed by atoms with Crippen molar-refractivity contribution in [1.82, 2.24) is 47.3 Å². The van der Waals surface area contributed by atoms with Gasteiger partial charge in [-0.15, -0.1) is 65.9 Å². The van der Waals surface area contributed by atoms with Crippen molar-refractivity contribution >= 4 is 72.1 Å². The number of ether oxygens (including phenoxy) is 5. The predicted molar refractivity (Wildman–Crippen MR) is 467 cm³/mol. The van der Waals surface area contributed by atoms with E-state index in [1.807, 2.05) is 13.8 Å². The van der Waals surface area contributed by atoms with E-state index in [9.17, 15) is 99.0 Å². The van der Waals surface area contributed by atoms with Gasteiger partial charge >= 0.3 is 39.8 Å². The smallest absolute Gasteiger partial charge is 0.388 e. The highest BCUT2D eigenvalue weighted by Gasteiger charge is 2.50. The SMILES string of the molecule is C=Cn1cc(C2O[C@H](CCP(=C)(C)C)[C@@H](O)[C@H]2O)c(=O)[nH]c1=O.C=P(C)(C)CC[C@H]1OC(c2cn(CCC)c(=O)[nH]c2=O)[C@H](O)[C@@H]1O.C=P(C)(C)CC[C@H]1OC(c2cn(CCCC)c(=O)[nH]c2=O)[C@H](O)[C@@H]1O.C=P(C)(C)CC[C@H]1OC(n2c[n+](C)c(=O)n(C)c2=O)[C@H](O)[C@@H]1O.C=P(C)(C)CC[C@H]1OC(n2c[n+](CC)c(=O)[nH]c2=O)[C@H](O)[C@@H]1O. The second kappa shape index (κ2) is 42.3. The number of aromatic nitrogens is 12. The Morgan fingerprint density at radius 1 is 0.424 bits per heavy atom. The van der Waals surface area contributed by atoms with Gasteiger partial charge in [0.2, 0.25) is 25.1 Å². The van der Waals surface area contributed by atoms with Crippen molar-refractivity contribution in [2.24, 2.45) is 14.1 Å². The van der Waals surface area contributed by atoms with Crippen LogP contribution in [0.4, 0.5) is 0 Å². The van der Waals surface area contributed by atoms with Gasteiger partial charge in [0.1, 0.15) is 79.4 Å². The Hall–Kier alpha value is -6.10. The van der Waals surface area contributed by atoms with Crippen molar-refractivity contribution in [2.45, 2.75) is 214 Å². The van der Waals surface area contributed by atoms with Crippen LogP contribution in [-0.2, 0) is 57.4 Å². The molecule has 5 aliphatic rings. The molecule has 10 heterocycles. The van der Waals surface area contributed by atoms with Crippen LogP contribution in [0.3, 0.4) is 0 Å². The van der Waals surface area contributed by atoms with Crippen molar-refractivity contribution < 1.29 is 83.9 Å². The van der Waals surface area contributed by atoms with Crippen molar-refractivity contribution in [3.05, 3.63) is 159 Å². The Morgan fingerprint density at radius 2 is 0.754 bits per heavy atom. The van der Waals surface area contributed by atoms with Gasteiger partial charge in [0.15, 0.2) is 0 Å². The van der Waals surface area contributed by atoms with Crippen LogP contribution in [0.15, 0.2) is 85.8 Å². The fourth-order valence-electron chi connectivity index (χ4n) is 13.6. The molecule has 0 aliphatic carbocycles. The van der Waals surface area contributed by atoms with E-state index in [1.165, 1.54) is 69.8 Å². The van der Waals surface area contributed by atoms with Gasteiger partial charge in [-0.05, 0) is 149 Å². The maximum Gasteiger partial charge on any atom is 0.450 e. The average Bonchev–Trinajstić information content (AvgIpc) is 1.58. The number of nitrogens with one attached hydrogen (secondary N) is 4. The Bertz CT molecular complexity index is 5170. The summed E-state index contributed by atoms with van der Waals surface area (Å²) in [5.74, 6) is 0. The molecule has 5 aliphatic heterocycles. The van der Waals surface area contributed by atoms with Crippen LogP contribution in [-0.4, -0.2) is 319 Å². The van der Waals surface area contributed by atoms with E-state index >= 15 is 0 Å². The van der Waals surface area contributed by atoms with E-state index in [1.54, 1.807) is 6.92 Å². The number of nitrogens with zero attached hydrogens (tertiary/aromatic N) is 8. The number of rotatable bonds is 27. The first-order valence-electron chi connectivity index (χ1n) is 39.1. The molecular weight excluding hydrogens is 1640 g/mol. The molecule has 5 aromatic rings. The summed E-state index contributed by atoms with van der Waals surface area (Å²) < 4.78 is 38.3. The van der Waals surface area contributed by atoms with Crippen molar-refractivity contribution in [3.8, 4) is 0 Å². The molecule has 118 heavy (non-hydrogen) atoms. The first-order valence-corrected chi connectivity index (χ1v) is 54.4. The summed E-state index contributed by atoms with van der Waals surface area (Å²) in [6.07, 6.45) is 18.7. The normalized spacial score (nSPS) is 27.8. The molecule has 0 spiro atoms. The number of aliphatic hydroxyl groups excluding tert-OH is 10. The van der Waals surface area contributed by atoms with E-state index in [2.05, 4.69) is 125 Å². The van der Waals surface area contributed by atoms with Crippen LogP contribution in [0.2, 0.25) is 0 Å². The standard InChI is InChI=1S/C17H29N2O5P.C16H27N2O5P.C15H23N2O5P.C14H25N3O5P.C14H24N3O5P/c1-5-6-8-19-10-11(16(22)18-17(19)23)15-14(21)13(20)12(24-15)7-9-25(2,3)4;1-5-7-18-9-10(15(21)17-16(18)22)14-13(20)12(19)11(23-14)6-8-24(2,3)4;1-5-17-8-9(14(20)16-15(17)21)13-12(19)11(18)10(22-13)6-7-23(2,3)4;1-15-8-17(14(21)16(2)13(15)20)12-11(19)10(18)9(22-12)6-7-23(3,4)5;1-5-16-8-17(14(21)15-13(16)20)12-11(19)10(18)9(22-12)6-7-23(2,3)4/h10,12-15,20-21H,2,5-9H2,1,3-4H3,(H,18,22,23);9,11-14,19-20H,2,5-8H2,1,3-4H3,(H,17,21,22);5,8,10-13,18-19H,1-2,6-7H2,3-4H3,(H,16,20,21);8-12,18-19H,3,6-7H2,1-2,4-5H3;8-12,18-19H,2,5-7H2,1,3-4H3/q;;;+1;/p+1/t12-,13-,14-,15?;11-,12-,13-,14?;10-,11-,12-,13?;2*9-,10-,11-,12?/m11111/s1. The van der Waals surface area contributed by atoms with Gasteiger partial charge in [-0.25, -0.2) is 42.7 Å². The number of aryl methyl sites for hydroxylation is 4. The average molecular weight is 1770 g/mol. The lowest BCUT2D eigenvalue weighted by Gasteiger charge is -2.18. The van der Waals surface area contributed by atoms with Crippen LogP contribution in [0.25, 0.3) is 6.20 Å². The van der Waals surface area contributed by atoms with Crippen LogP contribution in [0, 0.1) is 0 Å². The monoisotopic (exact) mass is 1760 g/mol. The molecule has 0 bridgehead atoms. The molecule has 0 saturated carbocycles. The zero-order chi connectivity index (χ0) is 89.1. The maximum atomic E-state index is 12.2. The third kappa shape index (κ3) is 27.2. The number of hydrogen-bond donors (Lipinski definition) is 14. The molecular formula is C76H129N12O25P5+2. The minimum absolute atomic E-state index is 0.0854. The fraction of sp³-hybridized carbons (Fsp3) is 0.671. The molecule has 42 heteroatoms. The molecule has 20 atom stereocenters. The second-order valence-corrected chi connectivity index (χ2v) is 55.8. The van der Waals surface area contributed by atoms with E-state index in [-0.39, 0.29) is 16.7 Å². The minimum atomic E-state index is -1.28. The molecule has 0 amide bonds. The lowest BCUT2D eigenvalue weighted by atomic mass is 10.0. The van der Waals surface area contributed by atoms with E-state index in [0.29, 0.717) is 51.7 Å². The van der Waals surface area contributed by atoms with Gasteiger partial charge in [-0.2, -0.15) is 18.7 Å². The molecule has 5 fully saturated rings. The quantitative estimate of drug-likeness (QED) is 0.0189. The topological polar surface area (TPSA) is 520 Å². The summed E-state index contributed by atoms with van der Waals surface area (Å²) in [5, 5.41) is 102. The molecule has 5 saturated heterocycles. The van der Waals surface area contributed by atoms with Crippen LogP contribution in [0.5, 0.6) is 0 Å². The number of aromatic amines is 4. The van der Waals surface area contributed by atoms with Gasteiger partial charge in [0.25, 0.3) is 16.7 Å². The molecule has 14 N–H and O–H groups in total. The van der Waals surface area contributed by atoms with Crippen molar-refractivity contribution in [3.63, 3.8) is 0 Å². The Balaban J connectivity index is 0.000000229. The number of hydrogen-bond acceptors (Lipinski definition) is 25. The van der Waals surface area contributed by atoms with E-state index in [0.717, 1.165) is 68.3 Å². The molecule has 0 radical (unpaired) electrons. The van der Waals surface area contributed by atoms with E-state index < -0.39 is 213 Å². The van der Waals surface area contributed by atoms with Crippen molar-refractivity contribution in [1.29, 1.82) is 0 Å². The van der Waals surface area contributed by atoms with E-state index in [4.69, 9.17) is 23.7 Å². The fourth-order valence-corrected chi connectivity index (χ4v) is 18.3. The highest BCUT2D eigenvalue weighted by molar-refractivity contribution is 7.73. The molecule has 5 unspecified atom stereocenters. The van der Waals surface area contributed by atoms with Gasteiger partial charge in [0.05, 0.1) is 67.9 Å². The molecule has 0 aromatic carbocycles. The summed E-state index contributed by atoms with van der Waals surface area (Å²) >= 11 is 0. The second-order valence-electron chi connectivity index (χ2n) is 34.2. The molecule has 666 valence electrons. The van der Waals surface area contributed by atoms with Gasteiger partial charge in [-0.3, -0.25) is 33.9 Å². The number of H-pyrrole nitrogens is 4. The third-order valence-corrected chi connectivity index (χ3v) is 27.9. The van der Waals surface area contributed by atoms with Crippen molar-refractivity contribution in [2.75, 3.05) is 97.5 Å². The Morgan fingerprint density at radius 3 is 1.09 bits per heavy atom. The highest BCUT2D eigenvalue weighted by Crippen LogP contribution is 2.45. The molecule has 5 aromatic heterocycles. The summed E-state index contributed by atoms with van der Waals surface area (Å²) in [7, 11) is 2.86. The zero-order valence-electron chi connectivity index (χ0n) is 70.5. The van der Waals surface area contributed by atoms with Gasteiger partial charge in [0, 0.05) is 37.9 Å². The Kier molecular flexibility index (Phi) is 36.1. The van der Waals surface area contributed by atoms with Gasteiger partial charge < -0.3 is 83.9 Å². The summed E-state index contributed by atoms with van der Waals surface area (Å²) in [4.78, 5) is 128. The summed E-state index contributed by atoms with van der Waals surface area (Å²) in [6, 6.07) is 0. The number of unbranched alkanes of at least 4 members (excludes halogenated alkanes) is 1. The van der Waals surface area contributed by atoms with Crippen LogP contribution >= 0.6 is 34.4 Å². The first-order chi connectivity index (χ1) is 54.6. The summed E-state index contributed by atoms with van der Waals surface area (Å²) in [5.41, 5.74) is -5.26. The lowest BCUT2D eigenvalue weighted by Crippen LogP contribution is -2.58. The predicted octanol–water partition coefficient (Wildman–Crippen LogP) is -2.64. The van der Waals surface area contributed by atoms with Crippen LogP contribution in [0.1, 0.15) is 120 Å². The molecule has 37 nitrogen and oxygen atoms in total. The Labute approximate surface area is 684 Å². The summed E-state index contributed by atoms with van der Waals surface area (Å²) in [6.45, 7) is 24.9. The maximum absolute atomic E-state index is 12.2. The van der Waals surface area contributed by atoms with Gasteiger partial charge in [-0.1, -0.05) is 26.8 Å². The number of aliphatic hydroxyl groups is 10. The lowest BCUT2D eigenvalue weighted by molar-refractivity contribution is -0.715. The minimum Gasteiger partial charge on any atom is -0.388 e. The van der Waals surface area contributed by atoms with Crippen LogP contribution < -0.4 is 65.6 Å². The highest BCUT2D eigenvalue weighted by atomic mass is 31.2.